The van der Waals surface area contributed by atoms with Crippen molar-refractivity contribution in [1.82, 2.24) is 0 Å². The Balaban J connectivity index is 0.000000178. The third-order valence-electron chi connectivity index (χ3n) is 13.6. The van der Waals surface area contributed by atoms with Crippen LogP contribution in [0.25, 0.3) is 0 Å². The van der Waals surface area contributed by atoms with Gasteiger partial charge in [-0.3, -0.25) is 0 Å². The van der Waals surface area contributed by atoms with Crippen molar-refractivity contribution in [1.29, 1.82) is 0 Å². The molecule has 3 saturated carbocycles. The molecule has 70 heavy (non-hydrogen) atoms. The van der Waals surface area contributed by atoms with Crippen LogP contribution in [-0.2, 0) is 27.0 Å². The molecular formula is C59H83Cl4N2O2PRu2. The fourth-order valence-corrected chi connectivity index (χ4v) is 19.9. The zero-order valence-electron chi connectivity index (χ0n) is 43.7. The van der Waals surface area contributed by atoms with Gasteiger partial charge in [0, 0.05) is 19.3 Å². The van der Waals surface area contributed by atoms with Gasteiger partial charge in [0.25, 0.3) is 0 Å². The summed E-state index contributed by atoms with van der Waals surface area (Å²) in [6.45, 7) is 23.2. The molecule has 4 aromatic carbocycles. The number of para-hydroxylation sites is 2. The number of anilines is 2. The van der Waals surface area contributed by atoms with E-state index in [4.69, 9.17) is 48.2 Å². The SMILES string of the molecule is C1CCC([PH+](C2CCCCC2)C2CCCCC2)CC1.CC(C)Oc1ccccc1[CH]=[Ru]([Cl])[Cl].CC(C)Oc1ccccc1[CH]=[Ru]([Cl])[Cl].Cc1cc(C)c(N2C=CN(c3c(C)cc(C)cc3C)[CH-]2)c(C)c1. The van der Waals surface area contributed by atoms with Crippen LogP contribution in [0.15, 0.2) is 85.2 Å². The van der Waals surface area contributed by atoms with Gasteiger partial charge in [-0.25, -0.2) is 0 Å². The molecule has 3 fully saturated rings. The van der Waals surface area contributed by atoms with Crippen molar-refractivity contribution < 1.29 is 36.5 Å². The zero-order chi connectivity index (χ0) is 50.7. The molecule has 0 aromatic heterocycles. The molecule has 0 radical (unpaired) electrons. The minimum atomic E-state index is -1.77. The van der Waals surface area contributed by atoms with Gasteiger partial charge in [-0.2, -0.15) is 0 Å². The van der Waals surface area contributed by atoms with E-state index in [1.54, 1.807) is 96.3 Å². The number of halogens is 4. The zero-order valence-corrected chi connectivity index (χ0v) is 51.2. The molecule has 0 N–H and O–H groups in total. The van der Waals surface area contributed by atoms with Crippen LogP contribution in [0.2, 0.25) is 0 Å². The summed E-state index contributed by atoms with van der Waals surface area (Å²) >= 11 is -3.54. The number of aryl methyl sites for hydroxylation is 6. The summed E-state index contributed by atoms with van der Waals surface area (Å²) in [6, 6.07) is 24.5. The van der Waals surface area contributed by atoms with Crippen LogP contribution in [0.4, 0.5) is 11.4 Å². The quantitative estimate of drug-likeness (QED) is 0.0849. The number of ether oxygens (including phenoxy) is 2. The van der Waals surface area contributed by atoms with E-state index in [1.807, 2.05) is 85.4 Å². The van der Waals surface area contributed by atoms with E-state index < -0.39 is 27.0 Å². The van der Waals surface area contributed by atoms with Gasteiger partial charge in [0.2, 0.25) is 0 Å². The third kappa shape index (κ3) is 19.3. The molecule has 0 amide bonds. The fraction of sp³-hybridized carbons (Fsp3) is 0.508. The summed E-state index contributed by atoms with van der Waals surface area (Å²) in [5.41, 5.74) is 16.1. The van der Waals surface area contributed by atoms with Gasteiger partial charge in [-0.15, -0.1) is 6.67 Å². The molecule has 0 bridgehead atoms. The monoisotopic (exact) mass is 1230 g/mol. The molecule has 4 nitrogen and oxygen atoms in total. The van der Waals surface area contributed by atoms with Gasteiger partial charge >= 0.3 is 196 Å². The molecule has 390 valence electrons. The van der Waals surface area contributed by atoms with Crippen LogP contribution in [0.5, 0.6) is 11.5 Å². The first-order valence-corrected chi connectivity index (χ1v) is 38.5. The molecule has 0 saturated heterocycles. The standard InChI is InChI=1S/C21H25N2.C18H33P.2C10H12O.4ClH.2Ru/c1-14-9-16(3)20(17(4)10-14)22-7-8-23(13-22)21-18(5)11-15(2)12-19(21)6;1-4-10-16(11-5-1)19(17-12-6-2-7-13-17)18-14-8-3-9-15-18;2*1-8(2)11-10-7-5-4-6-9(10)3;;;;;;/h7-13H,1-6H3;16-18H,1-15H2;2*3-8H,1-2H3;4*1H;;/q-1;;;;;;;;2*+2/p-3. The van der Waals surface area contributed by atoms with Crippen molar-refractivity contribution in [3.8, 4) is 11.5 Å². The smallest absolute Gasteiger partial charge is 0.0184 e. The number of benzene rings is 4. The molecular weight excluding hydrogens is 1140 g/mol. The van der Waals surface area contributed by atoms with Crippen molar-refractivity contribution in [2.75, 3.05) is 9.80 Å². The maximum atomic E-state index is 5.82. The summed E-state index contributed by atoms with van der Waals surface area (Å²) in [5.74, 6) is 1.70. The fourth-order valence-electron chi connectivity index (χ4n) is 11.1. The Kier molecular flexibility index (Phi) is 26.0. The van der Waals surface area contributed by atoms with E-state index >= 15 is 0 Å². The molecule has 0 atom stereocenters. The first-order valence-electron chi connectivity index (χ1n) is 25.8. The Morgan fingerprint density at radius 3 is 1.09 bits per heavy atom. The van der Waals surface area contributed by atoms with Gasteiger partial charge in [0.15, 0.2) is 0 Å². The van der Waals surface area contributed by atoms with E-state index in [2.05, 4.69) is 94.7 Å². The summed E-state index contributed by atoms with van der Waals surface area (Å²) in [6.07, 6.45) is 28.4. The number of hydrogen-bond donors (Lipinski definition) is 0. The van der Waals surface area contributed by atoms with Crippen molar-refractivity contribution >= 4 is 67.3 Å². The molecule has 8 rings (SSSR count). The van der Waals surface area contributed by atoms with Crippen molar-refractivity contribution in [2.45, 2.75) is 195 Å². The van der Waals surface area contributed by atoms with Gasteiger partial charge in [-0.05, 0) is 153 Å². The van der Waals surface area contributed by atoms with E-state index in [1.165, 1.54) is 61.7 Å². The van der Waals surface area contributed by atoms with E-state index in [0.29, 0.717) is 0 Å². The second-order valence-corrected chi connectivity index (χ2v) is 35.1. The molecule has 1 heterocycles. The van der Waals surface area contributed by atoms with Crippen molar-refractivity contribution in [3.05, 3.63) is 136 Å². The van der Waals surface area contributed by atoms with E-state index in [9.17, 15) is 0 Å². The minimum Gasteiger partial charge on any atom is -0.479 e. The van der Waals surface area contributed by atoms with Crippen molar-refractivity contribution in [2.24, 2.45) is 0 Å². The first kappa shape index (κ1) is 59.3. The largest absolute Gasteiger partial charge is 0.479 e. The second kappa shape index (κ2) is 30.7. The third-order valence-corrected chi connectivity index (χ3v) is 21.8. The summed E-state index contributed by atoms with van der Waals surface area (Å²) in [7, 11) is 23.2. The van der Waals surface area contributed by atoms with Gasteiger partial charge in [0.05, 0.1) is 17.0 Å². The van der Waals surface area contributed by atoms with Crippen LogP contribution >= 0.6 is 46.7 Å². The van der Waals surface area contributed by atoms with Gasteiger partial charge in [0.1, 0.15) is 0 Å². The molecule has 0 spiro atoms. The second-order valence-electron chi connectivity index (χ2n) is 20.3. The van der Waals surface area contributed by atoms with E-state index in [0.717, 1.165) is 22.6 Å². The Labute approximate surface area is 452 Å². The number of nitrogens with zero attached hydrogens (tertiary/aromatic N) is 2. The Bertz CT molecular complexity index is 2110. The van der Waals surface area contributed by atoms with Crippen LogP contribution in [0, 0.1) is 48.2 Å². The molecule has 0 unspecified atom stereocenters. The van der Waals surface area contributed by atoms with Crippen LogP contribution in [0.3, 0.4) is 0 Å². The number of rotatable bonds is 11. The maximum Gasteiger partial charge on any atom is 0.0184 e. The normalized spacial score (nSPS) is 17.0. The molecule has 4 aromatic rings. The van der Waals surface area contributed by atoms with Gasteiger partial charge in [-0.1, -0.05) is 54.7 Å². The van der Waals surface area contributed by atoms with Crippen LogP contribution in [0.1, 0.15) is 169 Å². The summed E-state index contributed by atoms with van der Waals surface area (Å²) in [4.78, 5) is 4.45. The summed E-state index contributed by atoms with van der Waals surface area (Å²) in [5, 5.41) is 0. The van der Waals surface area contributed by atoms with Crippen LogP contribution < -0.4 is 19.3 Å². The average molecular weight is 1230 g/mol. The van der Waals surface area contributed by atoms with E-state index in [-0.39, 0.29) is 20.1 Å². The average Bonchev–Trinajstić information content (AvgIpc) is 3.77. The Hall–Kier alpha value is -1.60. The molecule has 1 aliphatic heterocycles. The molecule has 4 aliphatic rings. The minimum absolute atomic E-state index is 0.0465. The first-order chi connectivity index (χ1) is 33.5. The summed E-state index contributed by atoms with van der Waals surface area (Å²) < 4.78 is 15.0. The maximum absolute atomic E-state index is 5.82. The van der Waals surface area contributed by atoms with Crippen molar-refractivity contribution in [3.63, 3.8) is 0 Å². The predicted molar refractivity (Wildman–Crippen MR) is 307 cm³/mol. The Morgan fingerprint density at radius 2 is 0.800 bits per heavy atom. The Morgan fingerprint density at radius 1 is 0.500 bits per heavy atom. The molecule has 11 heteroatoms. The molecule has 3 aliphatic carbocycles. The predicted octanol–water partition coefficient (Wildman–Crippen LogP) is 18.8. The topological polar surface area (TPSA) is 24.9 Å². The number of hydrogen-bond acceptors (Lipinski definition) is 4. The van der Waals surface area contributed by atoms with Gasteiger partial charge < -0.3 is 9.80 Å². The van der Waals surface area contributed by atoms with Crippen LogP contribution in [-0.4, -0.2) is 38.4 Å².